The normalized spacial score (nSPS) is 19.4. The Labute approximate surface area is 108 Å². The maximum Gasteiger partial charge on any atom is 0.0594 e. The minimum Gasteiger partial charge on any atom is -0.377 e. The Bertz CT molecular complexity index is 195. The van der Waals surface area contributed by atoms with Gasteiger partial charge in [-0.15, -0.1) is 0 Å². The summed E-state index contributed by atoms with van der Waals surface area (Å²) in [7, 11) is 0. The Morgan fingerprint density at radius 1 is 1.12 bits per heavy atom. The third kappa shape index (κ3) is 5.87. The van der Waals surface area contributed by atoms with Crippen molar-refractivity contribution in [2.45, 2.75) is 65.9 Å². The van der Waals surface area contributed by atoms with Gasteiger partial charge in [-0.05, 0) is 44.4 Å². The van der Waals surface area contributed by atoms with E-state index in [0.717, 1.165) is 19.1 Å². The molecule has 102 valence electrons. The number of rotatable bonds is 8. The molecule has 0 heterocycles. The predicted molar refractivity (Wildman–Crippen MR) is 74.3 cm³/mol. The smallest absolute Gasteiger partial charge is 0.0594 e. The Morgan fingerprint density at radius 3 is 2.29 bits per heavy atom. The zero-order chi connectivity index (χ0) is 12.7. The average molecular weight is 241 g/mol. The molecule has 0 aromatic rings. The van der Waals surface area contributed by atoms with E-state index < -0.39 is 0 Å². The van der Waals surface area contributed by atoms with E-state index in [1.54, 1.807) is 0 Å². The highest BCUT2D eigenvalue weighted by Gasteiger charge is 2.33. The molecule has 1 rings (SSSR count). The molecule has 2 heteroatoms. The fraction of sp³-hybridized carbons (Fsp3) is 1.00. The first-order valence-corrected chi connectivity index (χ1v) is 7.36. The number of nitrogens with one attached hydrogen (secondary N) is 1. The zero-order valence-electron chi connectivity index (χ0n) is 12.2. The first-order chi connectivity index (χ1) is 8.04. The summed E-state index contributed by atoms with van der Waals surface area (Å²) >= 11 is 0. The van der Waals surface area contributed by atoms with Crippen molar-refractivity contribution < 1.29 is 4.74 Å². The van der Waals surface area contributed by atoms with Crippen LogP contribution >= 0.6 is 0 Å². The predicted octanol–water partition coefficient (Wildman–Crippen LogP) is 3.61. The lowest BCUT2D eigenvalue weighted by Crippen LogP contribution is -2.35. The Hall–Kier alpha value is -0.0800. The Kier molecular flexibility index (Phi) is 6.50. The van der Waals surface area contributed by atoms with Gasteiger partial charge in [0, 0.05) is 13.1 Å². The molecule has 1 fully saturated rings. The molecule has 0 saturated heterocycles. The summed E-state index contributed by atoms with van der Waals surface area (Å²) in [6.07, 6.45) is 7.43. The molecule has 0 spiro atoms. The lowest BCUT2D eigenvalue weighted by molar-refractivity contribution is 0.0783. The highest BCUT2D eigenvalue weighted by molar-refractivity contribution is 4.87. The van der Waals surface area contributed by atoms with Crippen LogP contribution in [0.3, 0.4) is 0 Å². The first kappa shape index (κ1) is 15.0. The van der Waals surface area contributed by atoms with Gasteiger partial charge < -0.3 is 10.1 Å². The van der Waals surface area contributed by atoms with Crippen LogP contribution in [-0.2, 0) is 4.74 Å². The summed E-state index contributed by atoms with van der Waals surface area (Å²) in [5.41, 5.74) is 0.589. The van der Waals surface area contributed by atoms with Crippen LogP contribution in [-0.4, -0.2) is 25.8 Å². The number of hydrogen-bond donors (Lipinski definition) is 1. The van der Waals surface area contributed by atoms with Crippen LogP contribution in [0, 0.1) is 11.3 Å². The van der Waals surface area contributed by atoms with Crippen LogP contribution in [0.4, 0.5) is 0 Å². The second-order valence-electron chi connectivity index (χ2n) is 6.40. The van der Waals surface area contributed by atoms with Gasteiger partial charge in [-0.2, -0.15) is 0 Å². The van der Waals surface area contributed by atoms with Crippen molar-refractivity contribution in [3.63, 3.8) is 0 Å². The largest absolute Gasteiger partial charge is 0.377 e. The van der Waals surface area contributed by atoms with Gasteiger partial charge in [0.2, 0.25) is 0 Å². The number of hydrogen-bond acceptors (Lipinski definition) is 2. The molecular formula is C15H31NO. The van der Waals surface area contributed by atoms with Crippen molar-refractivity contribution in [3.8, 4) is 0 Å². The SMILES string of the molecule is CC(C)CC1(CNCCOC(C)C)CCCC1. The van der Waals surface area contributed by atoms with Gasteiger partial charge >= 0.3 is 0 Å². The van der Waals surface area contributed by atoms with Crippen LogP contribution in [0.2, 0.25) is 0 Å². The van der Waals surface area contributed by atoms with Gasteiger partial charge in [0.05, 0.1) is 12.7 Å². The lowest BCUT2D eigenvalue weighted by Gasteiger charge is -2.31. The summed E-state index contributed by atoms with van der Waals surface area (Å²) < 4.78 is 5.56. The molecule has 0 radical (unpaired) electrons. The topological polar surface area (TPSA) is 21.3 Å². The molecule has 0 unspecified atom stereocenters. The first-order valence-electron chi connectivity index (χ1n) is 7.36. The molecule has 0 aliphatic heterocycles. The summed E-state index contributed by atoms with van der Waals surface area (Å²) in [4.78, 5) is 0. The van der Waals surface area contributed by atoms with Gasteiger partial charge in [0.25, 0.3) is 0 Å². The molecule has 17 heavy (non-hydrogen) atoms. The van der Waals surface area contributed by atoms with E-state index in [4.69, 9.17) is 4.74 Å². The molecule has 0 aromatic heterocycles. The molecule has 1 N–H and O–H groups in total. The van der Waals surface area contributed by atoms with Gasteiger partial charge in [0.1, 0.15) is 0 Å². The quantitative estimate of drug-likeness (QED) is 0.656. The Morgan fingerprint density at radius 2 is 1.76 bits per heavy atom. The van der Waals surface area contributed by atoms with E-state index in [0.29, 0.717) is 11.5 Å². The third-order valence-corrected chi connectivity index (χ3v) is 3.74. The van der Waals surface area contributed by atoms with Crippen molar-refractivity contribution in [2.24, 2.45) is 11.3 Å². The van der Waals surface area contributed by atoms with Crippen LogP contribution in [0.5, 0.6) is 0 Å². The van der Waals surface area contributed by atoms with Crippen molar-refractivity contribution in [2.75, 3.05) is 19.7 Å². The molecule has 1 aliphatic rings. The molecule has 0 atom stereocenters. The molecule has 0 amide bonds. The average Bonchev–Trinajstić information content (AvgIpc) is 2.64. The fourth-order valence-corrected chi connectivity index (χ4v) is 3.16. The highest BCUT2D eigenvalue weighted by atomic mass is 16.5. The summed E-state index contributed by atoms with van der Waals surface area (Å²) in [6, 6.07) is 0. The maximum atomic E-state index is 5.56. The van der Waals surface area contributed by atoms with Crippen molar-refractivity contribution >= 4 is 0 Å². The van der Waals surface area contributed by atoms with E-state index in [9.17, 15) is 0 Å². The minimum atomic E-state index is 0.355. The van der Waals surface area contributed by atoms with Gasteiger partial charge in [-0.3, -0.25) is 0 Å². The van der Waals surface area contributed by atoms with Crippen LogP contribution in [0.1, 0.15) is 59.8 Å². The molecule has 0 bridgehead atoms. The summed E-state index contributed by atoms with van der Waals surface area (Å²) in [5, 5.41) is 3.60. The minimum absolute atomic E-state index is 0.355. The molecule has 0 aromatic carbocycles. The van der Waals surface area contributed by atoms with E-state index in [1.165, 1.54) is 38.6 Å². The molecule has 1 saturated carbocycles. The monoisotopic (exact) mass is 241 g/mol. The van der Waals surface area contributed by atoms with Crippen LogP contribution in [0.15, 0.2) is 0 Å². The van der Waals surface area contributed by atoms with Crippen LogP contribution < -0.4 is 5.32 Å². The zero-order valence-corrected chi connectivity index (χ0v) is 12.2. The molecule has 1 aliphatic carbocycles. The summed E-state index contributed by atoms with van der Waals surface area (Å²) in [5.74, 6) is 0.821. The maximum absolute atomic E-state index is 5.56. The Balaban J connectivity index is 2.21. The number of ether oxygens (including phenoxy) is 1. The highest BCUT2D eigenvalue weighted by Crippen LogP contribution is 2.42. The summed E-state index contributed by atoms with van der Waals surface area (Å²) in [6.45, 7) is 11.9. The van der Waals surface area contributed by atoms with E-state index in [2.05, 4.69) is 33.0 Å². The van der Waals surface area contributed by atoms with Crippen molar-refractivity contribution in [3.05, 3.63) is 0 Å². The third-order valence-electron chi connectivity index (χ3n) is 3.74. The van der Waals surface area contributed by atoms with Crippen LogP contribution in [0.25, 0.3) is 0 Å². The van der Waals surface area contributed by atoms with Crippen molar-refractivity contribution in [1.29, 1.82) is 0 Å². The lowest BCUT2D eigenvalue weighted by atomic mass is 9.78. The standard InChI is InChI=1S/C15H31NO/c1-13(2)11-15(7-5-6-8-15)12-16-9-10-17-14(3)4/h13-14,16H,5-12H2,1-4H3. The van der Waals surface area contributed by atoms with Gasteiger partial charge in [-0.1, -0.05) is 26.7 Å². The second-order valence-corrected chi connectivity index (χ2v) is 6.40. The molecular weight excluding hydrogens is 210 g/mol. The molecule has 2 nitrogen and oxygen atoms in total. The van der Waals surface area contributed by atoms with Gasteiger partial charge in [0.15, 0.2) is 0 Å². The van der Waals surface area contributed by atoms with E-state index in [1.807, 2.05) is 0 Å². The van der Waals surface area contributed by atoms with Gasteiger partial charge in [-0.25, -0.2) is 0 Å². The fourth-order valence-electron chi connectivity index (χ4n) is 3.16. The van der Waals surface area contributed by atoms with E-state index in [-0.39, 0.29) is 0 Å². The van der Waals surface area contributed by atoms with Crippen molar-refractivity contribution in [1.82, 2.24) is 5.32 Å². The second kappa shape index (κ2) is 7.38. The van der Waals surface area contributed by atoms with E-state index >= 15 is 0 Å².